The minimum absolute atomic E-state index is 1.01. The van der Waals surface area contributed by atoms with Crippen molar-refractivity contribution < 1.29 is 0 Å². The van der Waals surface area contributed by atoms with E-state index in [4.69, 9.17) is 9.97 Å². The molecule has 9 aromatic carbocycles. The maximum absolute atomic E-state index is 5.25. The van der Waals surface area contributed by atoms with Crippen molar-refractivity contribution in [3.8, 4) is 44.6 Å². The van der Waals surface area contributed by atoms with Gasteiger partial charge in [-0.15, -0.1) is 11.3 Å². The van der Waals surface area contributed by atoms with Crippen molar-refractivity contribution >= 4 is 91.4 Å². The van der Waals surface area contributed by atoms with Gasteiger partial charge >= 0.3 is 0 Å². The van der Waals surface area contributed by atoms with Crippen LogP contribution in [0.15, 0.2) is 200 Å². The predicted molar refractivity (Wildman–Crippen MR) is 255 cm³/mol. The minimum Gasteiger partial charge on any atom is -0.291 e. The van der Waals surface area contributed by atoms with Crippen LogP contribution in [-0.2, 0) is 0 Å². The highest BCUT2D eigenvalue weighted by molar-refractivity contribution is 7.26. The molecular formula is C56H33N3S. The fourth-order valence-corrected chi connectivity index (χ4v) is 10.8. The molecule has 4 heteroatoms. The van der Waals surface area contributed by atoms with Crippen LogP contribution in [0.4, 0.5) is 0 Å². The number of pyridine rings is 2. The van der Waals surface area contributed by atoms with Crippen LogP contribution in [0, 0.1) is 0 Å². The number of benzene rings is 9. The van der Waals surface area contributed by atoms with Crippen LogP contribution in [0.25, 0.3) is 125 Å². The molecule has 0 amide bonds. The van der Waals surface area contributed by atoms with Gasteiger partial charge in [-0.2, -0.15) is 0 Å². The van der Waals surface area contributed by atoms with Crippen LogP contribution in [0.5, 0.6) is 0 Å². The fourth-order valence-electron chi connectivity index (χ4n) is 9.64. The highest BCUT2D eigenvalue weighted by atomic mass is 32.1. The minimum atomic E-state index is 1.01. The zero-order chi connectivity index (χ0) is 39.3. The van der Waals surface area contributed by atoms with E-state index >= 15 is 0 Å². The van der Waals surface area contributed by atoms with E-state index in [1.54, 1.807) is 0 Å². The molecule has 13 rings (SSSR count). The molecule has 0 atom stereocenters. The van der Waals surface area contributed by atoms with Crippen LogP contribution < -0.4 is 0 Å². The quantitative estimate of drug-likeness (QED) is 0.167. The van der Waals surface area contributed by atoms with E-state index in [2.05, 4.69) is 192 Å². The molecule has 278 valence electrons. The summed E-state index contributed by atoms with van der Waals surface area (Å²) in [5.41, 5.74) is 13.7. The lowest BCUT2D eigenvalue weighted by Gasteiger charge is -2.14. The number of nitrogens with zero attached hydrogens (tertiary/aromatic N) is 3. The first kappa shape index (κ1) is 33.3. The summed E-state index contributed by atoms with van der Waals surface area (Å²) < 4.78 is 4.87. The first-order chi connectivity index (χ1) is 29.7. The summed E-state index contributed by atoms with van der Waals surface area (Å²) >= 11 is 1.84. The van der Waals surface area contributed by atoms with Gasteiger partial charge in [-0.05, 0) is 102 Å². The molecule has 0 fully saturated rings. The van der Waals surface area contributed by atoms with E-state index in [9.17, 15) is 0 Å². The lowest BCUT2D eigenvalue weighted by atomic mass is 9.90. The van der Waals surface area contributed by atoms with Gasteiger partial charge in [0.05, 0.1) is 26.9 Å². The molecule has 13 aromatic rings. The van der Waals surface area contributed by atoms with Crippen molar-refractivity contribution in [2.24, 2.45) is 0 Å². The van der Waals surface area contributed by atoms with Gasteiger partial charge in [-0.3, -0.25) is 9.38 Å². The van der Waals surface area contributed by atoms with E-state index in [0.717, 1.165) is 38.8 Å². The molecule has 0 aliphatic carbocycles. The number of fused-ring (bicyclic) bond motifs is 13. The molecule has 4 heterocycles. The summed E-state index contributed by atoms with van der Waals surface area (Å²) in [6, 6.07) is 70.8. The molecule has 0 unspecified atom stereocenters. The summed E-state index contributed by atoms with van der Waals surface area (Å²) in [5.74, 6) is 0. The van der Waals surface area contributed by atoms with Crippen LogP contribution in [0.3, 0.4) is 0 Å². The predicted octanol–water partition coefficient (Wildman–Crippen LogP) is 15.5. The largest absolute Gasteiger partial charge is 0.291 e. The van der Waals surface area contributed by atoms with Crippen LogP contribution >= 0.6 is 11.3 Å². The third kappa shape index (κ3) is 4.95. The maximum atomic E-state index is 5.25. The molecule has 0 aliphatic heterocycles. The van der Waals surface area contributed by atoms with Crippen LogP contribution in [0.2, 0.25) is 0 Å². The lowest BCUT2D eigenvalue weighted by Crippen LogP contribution is -1.93. The van der Waals surface area contributed by atoms with Gasteiger partial charge in [0, 0.05) is 32.4 Å². The fraction of sp³-hybridized carbons (Fsp3) is 0. The van der Waals surface area contributed by atoms with Crippen molar-refractivity contribution in [2.75, 3.05) is 0 Å². The van der Waals surface area contributed by atoms with Gasteiger partial charge in [-0.1, -0.05) is 158 Å². The van der Waals surface area contributed by atoms with Crippen molar-refractivity contribution in [3.05, 3.63) is 200 Å². The van der Waals surface area contributed by atoms with Gasteiger partial charge in [0.1, 0.15) is 0 Å². The normalized spacial score (nSPS) is 12.0. The second-order valence-corrected chi connectivity index (χ2v) is 16.8. The SMILES string of the molecule is c1ccc2c(c1)ccc1sc3c(cc(-c4ccc(-c5ccc(-c6ccc(-c7cc8cccnc8c8ccccc78)cc6)c6ccccc56)cc4)n4c5ccccc5nc34)c12. The molecule has 0 aliphatic rings. The van der Waals surface area contributed by atoms with E-state index < -0.39 is 0 Å². The highest BCUT2D eigenvalue weighted by Gasteiger charge is 2.19. The second-order valence-electron chi connectivity index (χ2n) is 15.7. The number of aromatic nitrogens is 3. The van der Waals surface area contributed by atoms with Crippen molar-refractivity contribution in [3.63, 3.8) is 0 Å². The molecule has 0 N–H and O–H groups in total. The monoisotopic (exact) mass is 779 g/mol. The number of para-hydroxylation sites is 2. The highest BCUT2D eigenvalue weighted by Crippen LogP contribution is 2.44. The number of imidazole rings is 1. The van der Waals surface area contributed by atoms with Crippen LogP contribution in [0.1, 0.15) is 0 Å². The first-order valence-corrected chi connectivity index (χ1v) is 21.2. The Morgan fingerprint density at radius 2 is 1.00 bits per heavy atom. The zero-order valence-corrected chi connectivity index (χ0v) is 33.1. The average molecular weight is 780 g/mol. The van der Waals surface area contributed by atoms with Crippen molar-refractivity contribution in [1.29, 1.82) is 0 Å². The summed E-state index contributed by atoms with van der Waals surface area (Å²) in [5, 5.41) is 11.1. The average Bonchev–Trinajstić information content (AvgIpc) is 3.90. The van der Waals surface area contributed by atoms with Gasteiger partial charge in [-0.25, -0.2) is 4.98 Å². The standard InChI is InChI=1S/C56H33N3S/c1-2-12-42-34(10-1)27-30-52-53(42)48-33-51(59-50-18-8-7-17-49(50)58-56(59)55(48)60-52)38-25-23-36(24-26-38)41-29-28-40(43-13-3-4-14-44(41)43)35-19-21-37(22-20-35)47-32-39-11-9-31-57-54(39)46-16-6-5-15-45(46)47/h1-33H. The third-order valence-electron chi connectivity index (χ3n) is 12.4. The van der Waals surface area contributed by atoms with Gasteiger partial charge in [0.2, 0.25) is 0 Å². The first-order valence-electron chi connectivity index (χ1n) is 20.4. The van der Waals surface area contributed by atoms with E-state index in [1.807, 2.05) is 23.6 Å². The van der Waals surface area contributed by atoms with Gasteiger partial charge < -0.3 is 0 Å². The number of hydrogen-bond donors (Lipinski definition) is 0. The molecule has 60 heavy (non-hydrogen) atoms. The molecule has 3 nitrogen and oxygen atoms in total. The molecule has 0 saturated heterocycles. The zero-order valence-electron chi connectivity index (χ0n) is 32.3. The summed E-state index contributed by atoms with van der Waals surface area (Å²) in [6.07, 6.45) is 1.88. The lowest BCUT2D eigenvalue weighted by molar-refractivity contribution is 1.25. The van der Waals surface area contributed by atoms with E-state index in [1.165, 1.54) is 85.9 Å². The summed E-state index contributed by atoms with van der Waals surface area (Å²) in [6.45, 7) is 0. The van der Waals surface area contributed by atoms with E-state index in [-0.39, 0.29) is 0 Å². The van der Waals surface area contributed by atoms with Crippen molar-refractivity contribution in [1.82, 2.24) is 14.4 Å². The van der Waals surface area contributed by atoms with Crippen molar-refractivity contribution in [2.45, 2.75) is 0 Å². The van der Waals surface area contributed by atoms with Gasteiger partial charge in [0.25, 0.3) is 0 Å². The Labute approximate surface area is 349 Å². The Hall–Kier alpha value is -7.66. The second kappa shape index (κ2) is 12.9. The topological polar surface area (TPSA) is 30.2 Å². The summed E-state index contributed by atoms with van der Waals surface area (Å²) in [7, 11) is 0. The number of rotatable bonds is 4. The Kier molecular flexibility index (Phi) is 7.18. The Morgan fingerprint density at radius 1 is 0.417 bits per heavy atom. The molecular weight excluding hydrogens is 747 g/mol. The third-order valence-corrected chi connectivity index (χ3v) is 13.6. The Bertz CT molecular complexity index is 3880. The number of thiophene rings is 1. The molecule has 4 aromatic heterocycles. The maximum Gasteiger partial charge on any atom is 0.156 e. The Balaban J connectivity index is 0.916. The molecule has 0 spiro atoms. The van der Waals surface area contributed by atoms with E-state index in [0.29, 0.717) is 0 Å². The molecule has 0 bridgehead atoms. The smallest absolute Gasteiger partial charge is 0.156 e. The van der Waals surface area contributed by atoms with Gasteiger partial charge in [0.15, 0.2) is 5.65 Å². The van der Waals surface area contributed by atoms with Crippen LogP contribution in [-0.4, -0.2) is 14.4 Å². The molecule has 0 radical (unpaired) electrons. The number of hydrogen-bond acceptors (Lipinski definition) is 3. The summed E-state index contributed by atoms with van der Waals surface area (Å²) in [4.78, 5) is 9.97. The Morgan fingerprint density at radius 3 is 1.73 bits per heavy atom. The molecule has 0 saturated carbocycles.